The predicted molar refractivity (Wildman–Crippen MR) is 346 cm³/mol. The van der Waals surface area contributed by atoms with Gasteiger partial charge in [0.15, 0.2) is 41.8 Å². The first-order valence-electron chi connectivity index (χ1n) is 30.0. The molecule has 93 heavy (non-hydrogen) atoms. The quantitative estimate of drug-likeness (QED) is 0.0227. The third kappa shape index (κ3) is 18.1. The van der Waals surface area contributed by atoms with E-state index < -0.39 is 149 Å². The number of hydroxylamine groups is 1. The van der Waals surface area contributed by atoms with Crippen LogP contribution in [-0.4, -0.2) is 239 Å². The Morgan fingerprint density at radius 3 is 2.22 bits per heavy atom. The second-order valence-corrected chi connectivity index (χ2v) is 28.6. The maximum atomic E-state index is 14.5. The highest BCUT2D eigenvalue weighted by Crippen LogP contribution is 2.49. The number of likely N-dealkylation sites (N-methyl/N-ethyl adjacent to an activating group) is 1. The molecule has 6 aliphatic rings. The lowest BCUT2D eigenvalue weighted by molar-refractivity contribution is -0.337. The molecule has 2 amide bonds. The summed E-state index contributed by atoms with van der Waals surface area (Å²) < 4.78 is 72.3. The number of carbonyl (C=O) groups is 5. The second kappa shape index (κ2) is 33.8. The number of nitrogens with zero attached hydrogens (tertiary/aromatic N) is 1. The number of nitrogens with one attached hydrogen (secondary N) is 2. The number of amides is 2. The number of carbonyl (C=O) groups excluding carboxylic acids is 4. The molecule has 0 aromatic heterocycles. The minimum Gasteiger partial charge on any atom is -0.492 e. The van der Waals surface area contributed by atoms with E-state index in [1.807, 2.05) is 43.4 Å². The van der Waals surface area contributed by atoms with Crippen LogP contribution in [0.5, 0.6) is 17.2 Å². The number of thioether (sulfide) groups is 1. The SMILES string of the molecule is CCN(C(C)=O)[C@H]1CO[C@@H](O[C@H]2[C@H](O[C@H]3C#CC=CC#C[C@]4(O)CC(=O)C(NC(=O)OC)=C3C4=CCSSC(C)(C)CCC(=O)O)O[C@H](C)[C@@H](NO[C@H]3C[C@H](O)[C@H](SC(=O)c4c(C)c(I)c(O[C@@H]5O[C@@H](C)[C@H](O)[C@@H](OC)[C@H]5O)c(OC)c4OC)[C@@H](C)O3)[C@H]2O)C[C@@H]1OC. The Morgan fingerprint density at radius 2 is 1.58 bits per heavy atom. The standard InChI is InChI=1S/C62H84IN3O24S3/c1-14-66(33(6)67)35-28-83-41(26-39(35)78-9)88-54-49(73)46(30(3)85-59(54)87-38-19-17-15-16-18-22-62(77)27-37(69)47(64-60(76)82-13)44(38)34(62)21-24-91-93-61(7,8)23-20-40(70)71)65-90-42-25-36(68)56(32(5)84-42)92-57(75)43-29(2)45(63)52(55(81-12)51(43)79-10)89-58-50(74)53(80-11)48(72)31(4)86-58/h15-16,21,30-32,35-36,38-39,41-42,46,48-50,53-54,56,58-59,65,68,72-74,77H,14,20,23-28H2,1-13H3,(H,64,76)(H,70,71)/t30-,31+,32-,35+,36+,38+,39+,41+,42+,46-,48+,49-,50-,53-,54-,56-,58+,59+,62+/m1/s1. The summed E-state index contributed by atoms with van der Waals surface area (Å²) in [5.74, 6) is 9.77. The van der Waals surface area contributed by atoms with Crippen LogP contribution in [0.15, 0.2) is 35.1 Å². The van der Waals surface area contributed by atoms with Crippen molar-refractivity contribution in [3.63, 3.8) is 0 Å². The molecule has 0 spiro atoms. The monoisotopic (exact) mass is 1480 g/mol. The van der Waals surface area contributed by atoms with Gasteiger partial charge >= 0.3 is 12.1 Å². The van der Waals surface area contributed by atoms with Crippen molar-refractivity contribution in [1.82, 2.24) is 15.7 Å². The number of hydrogen-bond acceptors (Lipinski definition) is 27. The van der Waals surface area contributed by atoms with E-state index in [9.17, 15) is 54.6 Å². The lowest BCUT2D eigenvalue weighted by atomic mass is 9.75. The smallest absolute Gasteiger partial charge is 0.411 e. The number of aliphatic hydroxyl groups is 5. The Kier molecular flexibility index (Phi) is 27.6. The molecule has 4 saturated heterocycles. The number of methoxy groups -OCH3 is 5. The molecule has 4 aliphatic heterocycles. The van der Waals surface area contributed by atoms with Crippen LogP contribution in [0, 0.1) is 34.2 Å². The summed E-state index contributed by atoms with van der Waals surface area (Å²) in [7, 11) is 9.38. The lowest BCUT2D eigenvalue weighted by Gasteiger charge is -2.47. The number of aliphatic hydroxyl groups excluding tert-OH is 4. The summed E-state index contributed by atoms with van der Waals surface area (Å²) in [6, 6.07) is -1.69. The Morgan fingerprint density at radius 1 is 0.882 bits per heavy atom. The zero-order chi connectivity index (χ0) is 68.4. The molecule has 19 atom stereocenters. The van der Waals surface area contributed by atoms with Crippen LogP contribution in [0.4, 0.5) is 4.79 Å². The summed E-state index contributed by atoms with van der Waals surface area (Å²) in [6.07, 6.45) is -15.2. The molecule has 4 fully saturated rings. The minimum atomic E-state index is -2.18. The molecule has 1 aromatic rings. The van der Waals surface area contributed by atoms with Gasteiger partial charge in [0.2, 0.25) is 23.1 Å². The number of fused-ring (bicyclic) bond motifs is 2. The summed E-state index contributed by atoms with van der Waals surface area (Å²) in [5.41, 5.74) is 0.809. The minimum absolute atomic E-state index is 0.00298. The van der Waals surface area contributed by atoms with Gasteiger partial charge in [-0.1, -0.05) is 63.1 Å². The third-order valence-electron chi connectivity index (χ3n) is 16.5. The normalized spacial score (nSPS) is 33.3. The van der Waals surface area contributed by atoms with Crippen LogP contribution < -0.4 is 25.0 Å². The first-order valence-corrected chi connectivity index (χ1v) is 34.3. The lowest BCUT2D eigenvalue weighted by Crippen LogP contribution is -2.65. The van der Waals surface area contributed by atoms with E-state index >= 15 is 0 Å². The van der Waals surface area contributed by atoms with Crippen LogP contribution in [0.2, 0.25) is 0 Å². The number of ether oxygens (including phenoxy) is 12. The number of Topliss-reactive ketones (excluding diaryl/α,β-unsaturated/α-hetero) is 1. The topological polar surface area (TPSA) is 354 Å². The molecule has 27 nitrogen and oxygen atoms in total. The summed E-state index contributed by atoms with van der Waals surface area (Å²) >= 11 is 2.78. The molecule has 0 saturated carbocycles. The number of aliphatic carboxylic acids is 1. The summed E-state index contributed by atoms with van der Waals surface area (Å²) in [6.45, 7) is 13.9. The number of carboxylic acids is 1. The largest absolute Gasteiger partial charge is 0.492 e. The Labute approximate surface area is 566 Å². The molecular formula is C62H84IN3O24S3. The number of carboxylic acid groups (broad SMARTS) is 1. The Balaban J connectivity index is 1.15. The number of alkyl carbamates (subject to hydrolysis) is 1. The van der Waals surface area contributed by atoms with Crippen molar-refractivity contribution in [3.05, 3.63) is 49.8 Å². The van der Waals surface area contributed by atoms with Crippen molar-refractivity contribution in [2.45, 2.75) is 207 Å². The van der Waals surface area contributed by atoms with Crippen molar-refractivity contribution in [3.8, 4) is 40.9 Å². The van der Waals surface area contributed by atoms with Crippen molar-refractivity contribution >= 4 is 84.8 Å². The van der Waals surface area contributed by atoms with Crippen LogP contribution in [0.25, 0.3) is 0 Å². The highest BCUT2D eigenvalue weighted by Gasteiger charge is 2.52. The number of halogens is 1. The molecule has 1 aromatic carbocycles. The van der Waals surface area contributed by atoms with Crippen molar-refractivity contribution in [2.24, 2.45) is 0 Å². The maximum Gasteiger partial charge on any atom is 0.411 e. The van der Waals surface area contributed by atoms with Gasteiger partial charge < -0.3 is 92.4 Å². The zero-order valence-corrected chi connectivity index (χ0v) is 58.5. The van der Waals surface area contributed by atoms with Gasteiger partial charge in [0.25, 0.3) is 0 Å². The van der Waals surface area contributed by atoms with Crippen molar-refractivity contribution < 1.29 is 116 Å². The molecule has 8 N–H and O–H groups in total. The average molecular weight is 1480 g/mol. The predicted octanol–water partition coefficient (Wildman–Crippen LogP) is 3.82. The average Bonchev–Trinajstić information content (AvgIpc) is 0.764. The Hall–Kier alpha value is -4.31. The van der Waals surface area contributed by atoms with E-state index in [4.69, 9.17) is 61.7 Å². The van der Waals surface area contributed by atoms with Gasteiger partial charge in [0, 0.05) is 68.6 Å². The van der Waals surface area contributed by atoms with Gasteiger partial charge in [0.1, 0.15) is 36.6 Å². The van der Waals surface area contributed by atoms with Gasteiger partial charge in [-0.2, -0.15) is 5.48 Å². The molecule has 0 unspecified atom stereocenters. The molecule has 4 heterocycles. The number of ketones is 1. The van der Waals surface area contributed by atoms with Gasteiger partial charge in [-0.25, -0.2) is 4.79 Å². The fourth-order valence-electron chi connectivity index (χ4n) is 11.6. The molecule has 2 aliphatic carbocycles. The molecule has 2 bridgehead atoms. The molecule has 516 valence electrons. The third-order valence-corrected chi connectivity index (χ3v) is 22.4. The van der Waals surface area contributed by atoms with Crippen molar-refractivity contribution in [2.75, 3.05) is 54.5 Å². The molecule has 0 radical (unpaired) electrons. The van der Waals surface area contributed by atoms with Crippen LogP contribution in [-0.2, 0) is 61.9 Å². The fourth-order valence-corrected chi connectivity index (χ4v) is 15.8. The first kappa shape index (κ1) is 76.1. The van der Waals surface area contributed by atoms with Crippen molar-refractivity contribution in [1.29, 1.82) is 0 Å². The summed E-state index contributed by atoms with van der Waals surface area (Å²) in [4.78, 5) is 73.8. The van der Waals surface area contributed by atoms with Gasteiger partial charge in [-0.15, -0.1) is 0 Å². The van der Waals surface area contributed by atoms with E-state index in [1.165, 1.54) is 69.1 Å². The highest BCUT2D eigenvalue weighted by atomic mass is 127. The number of rotatable bonds is 25. The van der Waals surface area contributed by atoms with E-state index in [-0.39, 0.29) is 77.2 Å². The van der Waals surface area contributed by atoms with Crippen LogP contribution >= 0.6 is 55.9 Å². The van der Waals surface area contributed by atoms with E-state index in [0.29, 0.717) is 22.1 Å². The van der Waals surface area contributed by atoms with E-state index in [1.54, 1.807) is 38.7 Å². The van der Waals surface area contributed by atoms with Crippen LogP contribution in [0.1, 0.15) is 96.5 Å². The van der Waals surface area contributed by atoms with E-state index in [0.717, 1.165) is 18.9 Å². The van der Waals surface area contributed by atoms with E-state index in [2.05, 4.69) is 34.5 Å². The second-order valence-electron chi connectivity index (χ2n) is 23.3. The number of allylic oxidation sites excluding steroid dienone is 3. The van der Waals surface area contributed by atoms with Gasteiger partial charge in [0.05, 0.1) is 97.0 Å². The zero-order valence-electron chi connectivity index (χ0n) is 53.9. The molecule has 7 rings (SSSR count). The van der Waals surface area contributed by atoms with Crippen LogP contribution in [0.3, 0.4) is 0 Å². The van der Waals surface area contributed by atoms with Gasteiger partial charge in [-0.3, -0.25) is 29.3 Å². The number of benzene rings is 1. The summed E-state index contributed by atoms with van der Waals surface area (Å²) in [5, 5.41) is 69.1. The highest BCUT2D eigenvalue weighted by molar-refractivity contribution is 14.1. The number of hydrogen-bond donors (Lipinski definition) is 8. The maximum absolute atomic E-state index is 14.5. The first-order chi connectivity index (χ1) is 44.1. The molecular weight excluding hydrogens is 1390 g/mol. The molecule has 31 heteroatoms. The fraction of sp³-hybridized carbons (Fsp3) is 0.661. The Bertz CT molecular complexity index is 3080. The van der Waals surface area contributed by atoms with Gasteiger partial charge in [-0.05, 0) is 95.2 Å².